The fourth-order valence-electron chi connectivity index (χ4n) is 0.752. The molecule has 2 amide bonds. The van der Waals surface area contributed by atoms with E-state index in [4.69, 9.17) is 0 Å². The predicted octanol–water partition coefficient (Wildman–Crippen LogP) is 0.336. The van der Waals surface area contributed by atoms with Crippen LogP contribution in [0.1, 0.15) is 0 Å². The van der Waals surface area contributed by atoms with Gasteiger partial charge in [-0.25, -0.2) is 4.79 Å². The third-order valence-corrected chi connectivity index (χ3v) is 1.57. The number of nitrogens with zero attached hydrogens (tertiary/aromatic N) is 3. The zero-order valence-corrected chi connectivity index (χ0v) is 6.98. The molecular formula is C7H12N3O+. The van der Waals surface area contributed by atoms with E-state index in [1.54, 1.807) is 12.4 Å². The Bertz CT molecular complexity index is 208. The highest BCUT2D eigenvalue weighted by Crippen LogP contribution is 2.01. The first-order chi connectivity index (χ1) is 5.00. The lowest BCUT2D eigenvalue weighted by Gasteiger charge is -2.29. The van der Waals surface area contributed by atoms with Crippen LogP contribution in [0.2, 0.25) is 0 Å². The maximum absolute atomic E-state index is 10.5. The second-order valence-electron chi connectivity index (χ2n) is 3.45. The molecule has 0 spiro atoms. The molecule has 0 N–H and O–H groups in total. The largest absolute Gasteiger partial charge is 0.366 e. The summed E-state index contributed by atoms with van der Waals surface area (Å²) in [4.78, 5) is 17.7. The van der Waals surface area contributed by atoms with Crippen LogP contribution in [0.25, 0.3) is 0 Å². The van der Waals surface area contributed by atoms with E-state index in [9.17, 15) is 4.79 Å². The Morgan fingerprint density at radius 1 is 1.27 bits per heavy atom. The SMILES string of the molecule is C[N+](C)(C)C1C=NC(=O)N=C1. The van der Waals surface area contributed by atoms with Gasteiger partial charge < -0.3 is 4.48 Å². The van der Waals surface area contributed by atoms with Gasteiger partial charge in [-0.15, -0.1) is 0 Å². The number of hydrogen-bond donors (Lipinski definition) is 0. The van der Waals surface area contributed by atoms with Crippen LogP contribution in [0, 0.1) is 0 Å². The van der Waals surface area contributed by atoms with Gasteiger partial charge in [0.05, 0.1) is 33.6 Å². The molecule has 0 aromatic carbocycles. The molecule has 0 unspecified atom stereocenters. The van der Waals surface area contributed by atoms with Crippen LogP contribution in [-0.2, 0) is 0 Å². The van der Waals surface area contributed by atoms with Crippen molar-refractivity contribution in [2.45, 2.75) is 6.04 Å². The van der Waals surface area contributed by atoms with Crippen molar-refractivity contribution in [2.24, 2.45) is 9.98 Å². The third kappa shape index (κ3) is 1.94. The van der Waals surface area contributed by atoms with E-state index in [0.29, 0.717) is 4.48 Å². The Kier molecular flexibility index (Phi) is 1.87. The summed E-state index contributed by atoms with van der Waals surface area (Å²) in [6.45, 7) is 0. The minimum Gasteiger partial charge on any atom is -0.319 e. The lowest BCUT2D eigenvalue weighted by atomic mass is 10.2. The Morgan fingerprint density at radius 2 is 1.73 bits per heavy atom. The number of carbonyl (C=O) groups is 1. The molecule has 0 aliphatic carbocycles. The molecule has 0 aromatic rings. The second kappa shape index (κ2) is 2.54. The number of quaternary nitrogens is 1. The number of urea groups is 1. The standard InChI is InChI=1S/C7H12N3O/c1-10(2,3)6-4-8-7(11)9-5-6/h4-6H,1-3H3/q+1. The molecule has 0 radical (unpaired) electrons. The molecule has 0 fully saturated rings. The average Bonchev–Trinajstić information content (AvgIpc) is 1.86. The van der Waals surface area contributed by atoms with E-state index in [0.717, 1.165) is 0 Å². The minimum absolute atomic E-state index is 0.118. The number of aliphatic imine (C=N–C) groups is 2. The van der Waals surface area contributed by atoms with Crippen LogP contribution < -0.4 is 0 Å². The zero-order valence-electron chi connectivity index (χ0n) is 6.98. The quantitative estimate of drug-likeness (QED) is 0.502. The predicted molar refractivity (Wildman–Crippen MR) is 44.2 cm³/mol. The molecule has 0 bridgehead atoms. The molecule has 0 saturated heterocycles. The van der Waals surface area contributed by atoms with Gasteiger partial charge in [0.15, 0.2) is 6.04 Å². The van der Waals surface area contributed by atoms with Crippen molar-refractivity contribution in [2.75, 3.05) is 21.1 Å². The van der Waals surface area contributed by atoms with Gasteiger partial charge in [-0.05, 0) is 0 Å². The van der Waals surface area contributed by atoms with Crippen molar-refractivity contribution in [3.8, 4) is 0 Å². The molecular weight excluding hydrogens is 142 g/mol. The van der Waals surface area contributed by atoms with Crippen LogP contribution in [0.4, 0.5) is 4.79 Å². The van der Waals surface area contributed by atoms with E-state index in [1.807, 2.05) is 21.1 Å². The van der Waals surface area contributed by atoms with Gasteiger partial charge in [0.2, 0.25) is 0 Å². The fourth-order valence-corrected chi connectivity index (χ4v) is 0.752. The van der Waals surface area contributed by atoms with Crippen LogP contribution in [0.5, 0.6) is 0 Å². The van der Waals surface area contributed by atoms with Gasteiger partial charge in [-0.3, -0.25) is 0 Å². The van der Waals surface area contributed by atoms with E-state index in [1.165, 1.54) is 0 Å². The molecule has 1 rings (SSSR count). The van der Waals surface area contributed by atoms with Crippen molar-refractivity contribution < 1.29 is 9.28 Å². The van der Waals surface area contributed by atoms with Gasteiger partial charge in [0, 0.05) is 0 Å². The molecule has 1 aliphatic heterocycles. The molecule has 0 aromatic heterocycles. The van der Waals surface area contributed by atoms with E-state index in [-0.39, 0.29) is 6.04 Å². The van der Waals surface area contributed by atoms with Gasteiger partial charge in [-0.1, -0.05) is 0 Å². The minimum atomic E-state index is -0.408. The van der Waals surface area contributed by atoms with Gasteiger partial charge in [0.25, 0.3) is 0 Å². The first kappa shape index (κ1) is 8.07. The summed E-state index contributed by atoms with van der Waals surface area (Å²) in [5.41, 5.74) is 0. The van der Waals surface area contributed by atoms with Crippen molar-refractivity contribution in [3.05, 3.63) is 0 Å². The van der Waals surface area contributed by atoms with Crippen molar-refractivity contribution in [1.82, 2.24) is 0 Å². The smallest absolute Gasteiger partial charge is 0.319 e. The molecule has 4 heteroatoms. The Hall–Kier alpha value is -1.03. The van der Waals surface area contributed by atoms with E-state index in [2.05, 4.69) is 9.98 Å². The number of hydrogen-bond acceptors (Lipinski definition) is 1. The zero-order chi connectivity index (χ0) is 8.48. The Morgan fingerprint density at radius 3 is 2.09 bits per heavy atom. The maximum Gasteiger partial charge on any atom is 0.366 e. The highest BCUT2D eigenvalue weighted by Gasteiger charge is 2.22. The summed E-state index contributed by atoms with van der Waals surface area (Å²) in [5, 5.41) is 0. The molecule has 0 atom stereocenters. The monoisotopic (exact) mass is 154 g/mol. The molecule has 60 valence electrons. The number of amides is 2. The lowest BCUT2D eigenvalue weighted by molar-refractivity contribution is -0.873. The highest BCUT2D eigenvalue weighted by atomic mass is 16.2. The van der Waals surface area contributed by atoms with Gasteiger partial charge in [0.1, 0.15) is 0 Å². The van der Waals surface area contributed by atoms with Crippen LogP contribution in [0.3, 0.4) is 0 Å². The highest BCUT2D eigenvalue weighted by molar-refractivity contribution is 6.02. The van der Waals surface area contributed by atoms with E-state index >= 15 is 0 Å². The summed E-state index contributed by atoms with van der Waals surface area (Å²) >= 11 is 0. The molecule has 1 aliphatic rings. The van der Waals surface area contributed by atoms with Crippen molar-refractivity contribution >= 4 is 18.5 Å². The number of rotatable bonds is 1. The second-order valence-corrected chi connectivity index (χ2v) is 3.45. The Balaban J connectivity index is 2.73. The molecule has 1 heterocycles. The van der Waals surface area contributed by atoms with Gasteiger partial charge in [-0.2, -0.15) is 9.98 Å². The first-order valence-electron chi connectivity index (χ1n) is 3.43. The van der Waals surface area contributed by atoms with E-state index < -0.39 is 6.03 Å². The van der Waals surface area contributed by atoms with Crippen LogP contribution in [0.15, 0.2) is 9.98 Å². The summed E-state index contributed by atoms with van der Waals surface area (Å²) < 4.78 is 0.709. The molecule has 11 heavy (non-hydrogen) atoms. The first-order valence-corrected chi connectivity index (χ1v) is 3.43. The average molecular weight is 154 g/mol. The van der Waals surface area contributed by atoms with Crippen molar-refractivity contribution in [3.63, 3.8) is 0 Å². The summed E-state index contributed by atoms with van der Waals surface area (Å²) in [6, 6.07) is -0.289. The van der Waals surface area contributed by atoms with Gasteiger partial charge >= 0.3 is 6.03 Å². The summed E-state index contributed by atoms with van der Waals surface area (Å²) in [5.74, 6) is 0. The maximum atomic E-state index is 10.5. The summed E-state index contributed by atoms with van der Waals surface area (Å²) in [6.07, 6.45) is 3.27. The fraction of sp³-hybridized carbons (Fsp3) is 0.571. The Labute approximate surface area is 65.8 Å². The normalized spacial score (nSPS) is 19.4. The summed E-state index contributed by atoms with van der Waals surface area (Å²) in [7, 11) is 6.08. The number of carbonyl (C=O) groups excluding carboxylic acids is 1. The van der Waals surface area contributed by atoms with Crippen LogP contribution >= 0.6 is 0 Å². The molecule has 4 nitrogen and oxygen atoms in total. The lowest BCUT2D eigenvalue weighted by Crippen LogP contribution is -2.48. The van der Waals surface area contributed by atoms with Crippen LogP contribution in [-0.4, -0.2) is 50.1 Å². The third-order valence-electron chi connectivity index (χ3n) is 1.57. The molecule has 0 saturated carbocycles. The van der Waals surface area contributed by atoms with Crippen molar-refractivity contribution in [1.29, 1.82) is 0 Å². The topological polar surface area (TPSA) is 41.8 Å².